The van der Waals surface area contributed by atoms with Crippen LogP contribution in [-0.2, 0) is 4.79 Å². The second kappa shape index (κ2) is 8.46. The highest BCUT2D eigenvalue weighted by Crippen LogP contribution is 2.28. The quantitative estimate of drug-likeness (QED) is 0.782. The number of hydrogen-bond donors (Lipinski definition) is 0. The van der Waals surface area contributed by atoms with E-state index < -0.39 is 0 Å². The number of para-hydroxylation sites is 1. The summed E-state index contributed by atoms with van der Waals surface area (Å²) in [5.74, 6) is 0.873. The molecule has 0 radical (unpaired) electrons. The molecule has 1 amide bonds. The Morgan fingerprint density at radius 3 is 2.57 bits per heavy atom. The third-order valence-corrected chi connectivity index (χ3v) is 4.31. The van der Waals surface area contributed by atoms with Gasteiger partial charge in [-0.15, -0.1) is 0 Å². The van der Waals surface area contributed by atoms with E-state index in [2.05, 4.69) is 6.07 Å². The molecule has 0 atom stereocenters. The van der Waals surface area contributed by atoms with E-state index >= 15 is 0 Å². The van der Waals surface area contributed by atoms with Gasteiger partial charge in [-0.2, -0.15) is 5.26 Å². The molecular formula is C18H24N2O. The van der Waals surface area contributed by atoms with E-state index in [-0.39, 0.29) is 5.91 Å². The van der Waals surface area contributed by atoms with Gasteiger partial charge in [0.1, 0.15) is 0 Å². The van der Waals surface area contributed by atoms with Crippen LogP contribution in [0.15, 0.2) is 30.3 Å². The summed E-state index contributed by atoms with van der Waals surface area (Å²) in [5.41, 5.74) is 0.904. The van der Waals surface area contributed by atoms with Crippen molar-refractivity contribution < 1.29 is 4.79 Å². The van der Waals surface area contributed by atoms with Crippen LogP contribution in [0.5, 0.6) is 0 Å². The Hall–Kier alpha value is -1.82. The van der Waals surface area contributed by atoms with Crippen LogP contribution in [-0.4, -0.2) is 12.5 Å². The first kappa shape index (κ1) is 15.6. The number of anilines is 1. The predicted octanol–water partition coefficient (Wildman–Crippen LogP) is 4.29. The van der Waals surface area contributed by atoms with Crippen molar-refractivity contribution in [2.45, 2.75) is 51.4 Å². The van der Waals surface area contributed by atoms with Gasteiger partial charge in [-0.25, -0.2) is 0 Å². The van der Waals surface area contributed by atoms with Gasteiger partial charge in [0.2, 0.25) is 5.91 Å². The predicted molar refractivity (Wildman–Crippen MR) is 84.8 cm³/mol. The largest absolute Gasteiger partial charge is 0.311 e. The fraction of sp³-hybridized carbons (Fsp3) is 0.556. The summed E-state index contributed by atoms with van der Waals surface area (Å²) in [6.07, 6.45) is 8.51. The molecule has 3 nitrogen and oxygen atoms in total. The van der Waals surface area contributed by atoms with Crippen molar-refractivity contribution in [3.05, 3.63) is 30.3 Å². The monoisotopic (exact) mass is 284 g/mol. The summed E-state index contributed by atoms with van der Waals surface area (Å²) in [4.78, 5) is 14.3. The maximum Gasteiger partial charge on any atom is 0.227 e. The zero-order chi connectivity index (χ0) is 14.9. The molecule has 0 N–H and O–H groups in total. The molecule has 112 valence electrons. The summed E-state index contributed by atoms with van der Waals surface area (Å²) in [6.45, 7) is 0.490. The van der Waals surface area contributed by atoms with Crippen LogP contribution in [0.3, 0.4) is 0 Å². The van der Waals surface area contributed by atoms with Crippen molar-refractivity contribution >= 4 is 11.6 Å². The van der Waals surface area contributed by atoms with E-state index in [0.29, 0.717) is 19.4 Å². The number of nitrogens with zero attached hydrogens (tertiary/aromatic N) is 2. The Bertz CT molecular complexity index is 472. The minimum Gasteiger partial charge on any atom is -0.311 e. The van der Waals surface area contributed by atoms with Crippen molar-refractivity contribution in [1.82, 2.24) is 0 Å². The van der Waals surface area contributed by atoms with Gasteiger partial charge in [-0.3, -0.25) is 4.79 Å². The third-order valence-electron chi connectivity index (χ3n) is 4.31. The van der Waals surface area contributed by atoms with E-state index in [0.717, 1.165) is 18.0 Å². The Morgan fingerprint density at radius 1 is 1.19 bits per heavy atom. The molecule has 0 spiro atoms. The molecule has 2 rings (SSSR count). The molecule has 1 aliphatic carbocycles. The second-order valence-corrected chi connectivity index (χ2v) is 5.83. The second-order valence-electron chi connectivity index (χ2n) is 5.83. The lowest BCUT2D eigenvalue weighted by Crippen LogP contribution is -2.32. The van der Waals surface area contributed by atoms with E-state index in [9.17, 15) is 4.79 Å². The van der Waals surface area contributed by atoms with Gasteiger partial charge in [0.05, 0.1) is 12.5 Å². The lowest BCUT2D eigenvalue weighted by Gasteiger charge is -2.25. The molecule has 0 saturated heterocycles. The van der Waals surface area contributed by atoms with Crippen LogP contribution in [0.1, 0.15) is 51.4 Å². The molecule has 1 aromatic carbocycles. The van der Waals surface area contributed by atoms with E-state index in [1.54, 1.807) is 4.90 Å². The average molecular weight is 284 g/mol. The summed E-state index contributed by atoms with van der Waals surface area (Å²) in [5, 5.41) is 8.79. The van der Waals surface area contributed by atoms with E-state index in [1.807, 2.05) is 30.3 Å². The number of amides is 1. The highest BCUT2D eigenvalue weighted by Gasteiger charge is 2.19. The molecule has 3 heteroatoms. The summed E-state index contributed by atoms with van der Waals surface area (Å²) in [6, 6.07) is 11.8. The van der Waals surface area contributed by atoms with Gasteiger partial charge < -0.3 is 4.90 Å². The summed E-state index contributed by atoms with van der Waals surface area (Å²) < 4.78 is 0. The maximum absolute atomic E-state index is 12.5. The fourth-order valence-corrected chi connectivity index (χ4v) is 3.11. The zero-order valence-electron chi connectivity index (χ0n) is 12.6. The maximum atomic E-state index is 12.5. The molecule has 1 fully saturated rings. The fourth-order valence-electron chi connectivity index (χ4n) is 3.11. The van der Waals surface area contributed by atoms with Crippen LogP contribution in [0.25, 0.3) is 0 Å². The van der Waals surface area contributed by atoms with Crippen LogP contribution >= 0.6 is 0 Å². The molecule has 21 heavy (non-hydrogen) atoms. The standard InChI is InChI=1S/C18H24N2O/c19-14-7-15-20(17-10-5-2-6-11-17)18(21)13-12-16-8-3-1-4-9-16/h2,5-6,10-11,16H,1,3-4,7-9,12-13,15H2. The summed E-state index contributed by atoms with van der Waals surface area (Å²) >= 11 is 0. The molecule has 1 saturated carbocycles. The summed E-state index contributed by atoms with van der Waals surface area (Å²) in [7, 11) is 0. The minimum atomic E-state index is 0.155. The zero-order valence-corrected chi connectivity index (χ0v) is 12.6. The molecule has 0 aromatic heterocycles. The molecule has 0 unspecified atom stereocenters. The first-order valence-electron chi connectivity index (χ1n) is 8.03. The van der Waals surface area contributed by atoms with Gasteiger partial charge in [0, 0.05) is 18.7 Å². The van der Waals surface area contributed by atoms with Crippen molar-refractivity contribution in [3.63, 3.8) is 0 Å². The molecule has 0 bridgehead atoms. The average Bonchev–Trinajstić information content (AvgIpc) is 2.55. The molecule has 0 heterocycles. The number of hydrogen-bond acceptors (Lipinski definition) is 2. The van der Waals surface area contributed by atoms with Crippen LogP contribution in [0, 0.1) is 17.2 Å². The Labute approximate surface area is 127 Å². The highest BCUT2D eigenvalue weighted by atomic mass is 16.2. The van der Waals surface area contributed by atoms with Gasteiger partial charge in [0.15, 0.2) is 0 Å². The van der Waals surface area contributed by atoms with Crippen LogP contribution < -0.4 is 4.90 Å². The van der Waals surface area contributed by atoms with Gasteiger partial charge in [-0.05, 0) is 24.5 Å². The van der Waals surface area contributed by atoms with E-state index in [1.165, 1.54) is 32.1 Å². The molecular weight excluding hydrogens is 260 g/mol. The molecule has 1 aliphatic rings. The Balaban J connectivity index is 1.92. The number of benzene rings is 1. The topological polar surface area (TPSA) is 44.1 Å². The SMILES string of the molecule is N#CCCN(C(=O)CCC1CCCCC1)c1ccccc1. The highest BCUT2D eigenvalue weighted by molar-refractivity contribution is 5.93. The first-order valence-corrected chi connectivity index (χ1v) is 8.03. The normalized spacial score (nSPS) is 15.4. The Morgan fingerprint density at radius 2 is 1.90 bits per heavy atom. The van der Waals surface area contributed by atoms with Crippen molar-refractivity contribution in [3.8, 4) is 6.07 Å². The van der Waals surface area contributed by atoms with Crippen molar-refractivity contribution in [2.75, 3.05) is 11.4 Å². The lowest BCUT2D eigenvalue weighted by atomic mass is 9.86. The lowest BCUT2D eigenvalue weighted by molar-refractivity contribution is -0.118. The molecule has 1 aromatic rings. The minimum absolute atomic E-state index is 0.155. The van der Waals surface area contributed by atoms with Crippen molar-refractivity contribution in [1.29, 1.82) is 5.26 Å². The van der Waals surface area contributed by atoms with Gasteiger partial charge >= 0.3 is 0 Å². The van der Waals surface area contributed by atoms with Gasteiger partial charge in [0.25, 0.3) is 0 Å². The van der Waals surface area contributed by atoms with Crippen LogP contribution in [0.4, 0.5) is 5.69 Å². The van der Waals surface area contributed by atoms with Crippen LogP contribution in [0.2, 0.25) is 0 Å². The molecule has 0 aliphatic heterocycles. The van der Waals surface area contributed by atoms with E-state index in [4.69, 9.17) is 5.26 Å². The smallest absolute Gasteiger partial charge is 0.227 e. The number of rotatable bonds is 6. The number of nitriles is 1. The first-order chi connectivity index (χ1) is 10.3. The Kier molecular flexibility index (Phi) is 6.27. The van der Waals surface area contributed by atoms with Crippen molar-refractivity contribution in [2.24, 2.45) is 5.92 Å². The third kappa shape index (κ3) is 4.90. The number of carbonyl (C=O) groups excluding carboxylic acids is 1. The van der Waals surface area contributed by atoms with Gasteiger partial charge in [-0.1, -0.05) is 50.3 Å². The number of carbonyl (C=O) groups is 1.